The second kappa shape index (κ2) is 3.46. The van der Waals surface area contributed by atoms with E-state index >= 15 is 0 Å². The smallest absolute Gasteiger partial charge is 0.0943 e. The van der Waals surface area contributed by atoms with Crippen LogP contribution in [0.2, 0.25) is 0 Å². The summed E-state index contributed by atoms with van der Waals surface area (Å²) in [4.78, 5) is 4.56. The lowest BCUT2D eigenvalue weighted by Gasteiger charge is -2.19. The molecule has 2 N–H and O–H groups in total. The summed E-state index contributed by atoms with van der Waals surface area (Å²) < 4.78 is 0. The van der Waals surface area contributed by atoms with Crippen LogP contribution >= 0.6 is 0 Å². The van der Waals surface area contributed by atoms with Crippen molar-refractivity contribution < 1.29 is 0 Å². The molecule has 2 nitrogen and oxygen atoms in total. The molecule has 0 aliphatic heterocycles. The fraction of sp³-hybridized carbons (Fsp3) is 0.900. The topological polar surface area (TPSA) is 38.4 Å². The van der Waals surface area contributed by atoms with Gasteiger partial charge in [0.2, 0.25) is 0 Å². The Kier molecular flexibility index (Phi) is 2.76. The Balaban J connectivity index is 2.50. The van der Waals surface area contributed by atoms with Crippen molar-refractivity contribution in [2.45, 2.75) is 52.0 Å². The molecule has 0 heterocycles. The largest absolute Gasteiger partial charge is 0.387 e. The molecule has 1 aliphatic carbocycles. The molecular weight excluding hydrogens is 148 g/mol. The van der Waals surface area contributed by atoms with Gasteiger partial charge >= 0.3 is 0 Å². The van der Waals surface area contributed by atoms with E-state index in [1.54, 1.807) is 0 Å². The van der Waals surface area contributed by atoms with Crippen LogP contribution in [0.1, 0.15) is 46.5 Å². The molecule has 0 bridgehead atoms. The van der Waals surface area contributed by atoms with E-state index in [0.29, 0.717) is 0 Å². The Morgan fingerprint density at radius 2 is 2.08 bits per heavy atom. The van der Waals surface area contributed by atoms with E-state index in [0.717, 1.165) is 24.6 Å². The predicted octanol–water partition coefficient (Wildman–Crippen LogP) is 2.33. The van der Waals surface area contributed by atoms with E-state index in [2.05, 4.69) is 25.8 Å². The maximum Gasteiger partial charge on any atom is 0.0943 e. The maximum absolute atomic E-state index is 5.79. The lowest BCUT2D eigenvalue weighted by Crippen LogP contribution is -2.25. The summed E-state index contributed by atoms with van der Waals surface area (Å²) in [6.07, 6.45) is 4.69. The summed E-state index contributed by atoms with van der Waals surface area (Å²) in [7, 11) is 0. The normalized spacial score (nSPS) is 19.8. The number of aliphatic imine (C=N–C) groups is 1. The van der Waals surface area contributed by atoms with E-state index < -0.39 is 0 Å². The molecule has 0 saturated heterocycles. The third-order valence-electron chi connectivity index (χ3n) is 2.51. The number of nitrogens with zero attached hydrogens (tertiary/aromatic N) is 1. The molecule has 0 atom stereocenters. The van der Waals surface area contributed by atoms with Gasteiger partial charge in [-0.2, -0.15) is 0 Å². The molecule has 0 radical (unpaired) electrons. The number of rotatable bonds is 4. The molecule has 70 valence electrons. The van der Waals surface area contributed by atoms with Crippen molar-refractivity contribution in [3.63, 3.8) is 0 Å². The first-order chi connectivity index (χ1) is 5.56. The van der Waals surface area contributed by atoms with Gasteiger partial charge in [0.1, 0.15) is 0 Å². The summed E-state index contributed by atoms with van der Waals surface area (Å²) in [5, 5.41) is 0. The summed E-state index contributed by atoms with van der Waals surface area (Å²) >= 11 is 0. The van der Waals surface area contributed by atoms with Crippen LogP contribution in [0.15, 0.2) is 4.99 Å². The predicted molar refractivity (Wildman–Crippen MR) is 53.3 cm³/mol. The first-order valence-corrected chi connectivity index (χ1v) is 4.90. The summed E-state index contributed by atoms with van der Waals surface area (Å²) in [6, 6.07) is 0. The van der Waals surface area contributed by atoms with Gasteiger partial charge in [0, 0.05) is 6.42 Å². The van der Waals surface area contributed by atoms with Gasteiger partial charge in [-0.25, -0.2) is 0 Å². The SMILES string of the molecule is CCCC(N)=NC(C)(C)C1CC1. The van der Waals surface area contributed by atoms with Crippen molar-refractivity contribution in [2.24, 2.45) is 16.6 Å². The first-order valence-electron chi connectivity index (χ1n) is 4.90. The Morgan fingerprint density at radius 3 is 2.50 bits per heavy atom. The minimum absolute atomic E-state index is 0.0965. The highest BCUT2D eigenvalue weighted by Gasteiger charge is 2.37. The van der Waals surface area contributed by atoms with Crippen LogP contribution in [0.3, 0.4) is 0 Å². The van der Waals surface area contributed by atoms with Crippen molar-refractivity contribution >= 4 is 5.84 Å². The van der Waals surface area contributed by atoms with Gasteiger partial charge in [-0.1, -0.05) is 6.92 Å². The molecule has 0 unspecified atom stereocenters. The number of amidine groups is 1. The Labute approximate surface area is 75.3 Å². The van der Waals surface area contributed by atoms with Gasteiger partial charge in [0.25, 0.3) is 0 Å². The minimum atomic E-state index is 0.0965. The quantitative estimate of drug-likeness (QED) is 0.508. The van der Waals surface area contributed by atoms with Crippen LogP contribution in [0.4, 0.5) is 0 Å². The molecule has 0 aromatic carbocycles. The molecule has 1 saturated carbocycles. The fourth-order valence-corrected chi connectivity index (χ4v) is 1.56. The van der Waals surface area contributed by atoms with E-state index in [9.17, 15) is 0 Å². The lowest BCUT2D eigenvalue weighted by molar-refractivity contribution is 0.454. The van der Waals surface area contributed by atoms with Crippen molar-refractivity contribution in [1.82, 2.24) is 0 Å². The monoisotopic (exact) mass is 168 g/mol. The molecule has 0 amide bonds. The zero-order valence-corrected chi connectivity index (χ0v) is 8.43. The van der Waals surface area contributed by atoms with Crippen LogP contribution in [0, 0.1) is 5.92 Å². The zero-order chi connectivity index (χ0) is 9.19. The van der Waals surface area contributed by atoms with E-state index in [1.165, 1.54) is 12.8 Å². The van der Waals surface area contributed by atoms with Gasteiger partial charge in [0.15, 0.2) is 0 Å². The molecule has 1 fully saturated rings. The molecule has 1 aliphatic rings. The van der Waals surface area contributed by atoms with Gasteiger partial charge in [-0.3, -0.25) is 4.99 Å². The highest BCUT2D eigenvalue weighted by molar-refractivity contribution is 5.80. The lowest BCUT2D eigenvalue weighted by atomic mass is 10.00. The fourth-order valence-electron chi connectivity index (χ4n) is 1.56. The highest BCUT2D eigenvalue weighted by atomic mass is 14.9. The van der Waals surface area contributed by atoms with E-state index in [4.69, 9.17) is 5.73 Å². The standard InChI is InChI=1S/C10H20N2/c1-4-5-9(11)12-10(2,3)8-6-7-8/h8H,4-7H2,1-3H3,(H2,11,12). The third-order valence-corrected chi connectivity index (χ3v) is 2.51. The van der Waals surface area contributed by atoms with Gasteiger partial charge in [-0.05, 0) is 39.0 Å². The van der Waals surface area contributed by atoms with Crippen molar-refractivity contribution in [1.29, 1.82) is 0 Å². The second-order valence-electron chi connectivity index (χ2n) is 4.28. The molecular formula is C10H20N2. The number of hydrogen-bond donors (Lipinski definition) is 1. The Morgan fingerprint density at radius 1 is 1.50 bits per heavy atom. The van der Waals surface area contributed by atoms with Crippen molar-refractivity contribution in [3.05, 3.63) is 0 Å². The highest BCUT2D eigenvalue weighted by Crippen LogP contribution is 2.41. The minimum Gasteiger partial charge on any atom is -0.387 e. The summed E-state index contributed by atoms with van der Waals surface area (Å²) in [5.74, 6) is 1.61. The van der Waals surface area contributed by atoms with Gasteiger partial charge in [-0.15, -0.1) is 0 Å². The van der Waals surface area contributed by atoms with Gasteiger partial charge in [0.05, 0.1) is 11.4 Å². The van der Waals surface area contributed by atoms with Crippen LogP contribution < -0.4 is 5.73 Å². The molecule has 0 spiro atoms. The van der Waals surface area contributed by atoms with Crippen molar-refractivity contribution in [3.8, 4) is 0 Å². The molecule has 0 aromatic heterocycles. The van der Waals surface area contributed by atoms with E-state index in [-0.39, 0.29) is 5.54 Å². The molecule has 12 heavy (non-hydrogen) atoms. The Bertz CT molecular complexity index is 178. The Hall–Kier alpha value is -0.530. The first kappa shape index (κ1) is 9.56. The van der Waals surface area contributed by atoms with E-state index in [1.807, 2.05) is 0 Å². The van der Waals surface area contributed by atoms with Crippen LogP contribution in [-0.4, -0.2) is 11.4 Å². The zero-order valence-electron chi connectivity index (χ0n) is 8.43. The second-order valence-corrected chi connectivity index (χ2v) is 4.28. The average molecular weight is 168 g/mol. The van der Waals surface area contributed by atoms with Crippen LogP contribution in [-0.2, 0) is 0 Å². The molecule has 0 aromatic rings. The van der Waals surface area contributed by atoms with Crippen LogP contribution in [0.5, 0.6) is 0 Å². The summed E-state index contributed by atoms with van der Waals surface area (Å²) in [5.41, 5.74) is 5.88. The number of nitrogens with two attached hydrogens (primary N) is 1. The summed E-state index contributed by atoms with van der Waals surface area (Å²) in [6.45, 7) is 6.51. The molecule has 1 rings (SSSR count). The maximum atomic E-state index is 5.79. The van der Waals surface area contributed by atoms with Gasteiger partial charge < -0.3 is 5.73 Å². The van der Waals surface area contributed by atoms with Crippen molar-refractivity contribution in [2.75, 3.05) is 0 Å². The number of hydrogen-bond acceptors (Lipinski definition) is 1. The third kappa shape index (κ3) is 2.50. The molecule has 2 heteroatoms. The average Bonchev–Trinajstić information content (AvgIpc) is 2.65. The van der Waals surface area contributed by atoms with Crippen LogP contribution in [0.25, 0.3) is 0 Å².